The molecule has 0 saturated carbocycles. The molecule has 0 radical (unpaired) electrons. The summed E-state index contributed by atoms with van der Waals surface area (Å²) in [6.45, 7) is -1.31. The van der Waals surface area contributed by atoms with Gasteiger partial charge in [0.25, 0.3) is 5.56 Å². The van der Waals surface area contributed by atoms with Crippen molar-refractivity contribution in [3.63, 3.8) is 0 Å². The van der Waals surface area contributed by atoms with Gasteiger partial charge in [-0.3, -0.25) is 28.0 Å². The molecule has 4 aromatic heterocycles. The number of ether oxygens (including phenoxy) is 2. The van der Waals surface area contributed by atoms with Crippen LogP contribution in [0.15, 0.2) is 23.8 Å². The Morgan fingerprint density at radius 3 is 2.61 bits per heavy atom. The number of nitrogens with two attached hydrogens (primary N) is 2. The van der Waals surface area contributed by atoms with Crippen molar-refractivity contribution in [2.45, 2.75) is 49.5 Å². The zero-order valence-corrected chi connectivity index (χ0v) is 21.7. The number of rotatable bonds is 8. The Balaban J connectivity index is 1.17. The first-order valence-corrected chi connectivity index (χ1v) is 13.6. The third kappa shape index (κ3) is 4.93. The number of phosphoric ester groups is 1. The van der Waals surface area contributed by atoms with Crippen molar-refractivity contribution in [1.29, 1.82) is 0 Å². The normalized spacial score (nSPS) is 29.9. The summed E-state index contributed by atoms with van der Waals surface area (Å²) in [5.41, 5.74) is 11.1. The van der Waals surface area contributed by atoms with Gasteiger partial charge in [-0.25, -0.2) is 28.9 Å². The van der Waals surface area contributed by atoms with E-state index in [4.69, 9.17) is 30.0 Å². The number of phosphoric acid groups is 1. The van der Waals surface area contributed by atoms with Crippen molar-refractivity contribution in [3.8, 4) is 0 Å². The van der Waals surface area contributed by atoms with Crippen molar-refractivity contribution in [1.82, 2.24) is 39.0 Å². The van der Waals surface area contributed by atoms with Crippen LogP contribution in [0.4, 0.5) is 16.2 Å². The predicted molar refractivity (Wildman–Crippen MR) is 133 cm³/mol. The molecule has 0 spiro atoms. The minimum absolute atomic E-state index is 0.00105. The molecule has 1 unspecified atom stereocenters. The van der Waals surface area contributed by atoms with E-state index < -0.39 is 69.6 Å². The molecule has 0 bridgehead atoms. The average Bonchev–Trinajstić information content (AvgIpc) is 3.69. The first-order chi connectivity index (χ1) is 19.6. The molecule has 0 amide bonds. The topological polar surface area (TPSA) is 274 Å². The highest BCUT2D eigenvalue weighted by Crippen LogP contribution is 2.50. The molecule has 0 aromatic carbocycles. The Bertz CT molecular complexity index is 1700. The number of halogens is 1. The summed E-state index contributed by atoms with van der Waals surface area (Å²) in [5.74, 6) is -0.124. The number of aliphatic hydroxyl groups is 2. The number of imidazole rings is 2. The number of aromatic nitrogens is 8. The van der Waals surface area contributed by atoms with Gasteiger partial charge in [-0.05, 0) is 0 Å². The lowest BCUT2D eigenvalue weighted by Gasteiger charge is -2.24. The number of hydrogen-bond acceptors (Lipinski definition) is 15. The largest absolute Gasteiger partial charge is 0.472 e. The molecule has 2 aliphatic heterocycles. The molecule has 4 aromatic rings. The van der Waals surface area contributed by atoms with Gasteiger partial charge in [0.15, 0.2) is 41.3 Å². The second-order valence-corrected chi connectivity index (χ2v) is 10.7. The van der Waals surface area contributed by atoms with Gasteiger partial charge in [0.2, 0.25) is 5.95 Å². The van der Waals surface area contributed by atoms with Gasteiger partial charge in [0, 0.05) is 6.42 Å². The molecule has 21 heteroatoms. The summed E-state index contributed by atoms with van der Waals surface area (Å²) in [5, 5.41) is 20.1. The van der Waals surface area contributed by atoms with E-state index in [2.05, 4.69) is 29.9 Å². The Hall–Kier alpha value is -3.62. The number of alkyl halides is 1. The predicted octanol–water partition coefficient (Wildman–Crippen LogP) is -1.50. The van der Waals surface area contributed by atoms with Crippen LogP contribution in [0.2, 0.25) is 0 Å². The molecule has 6 rings (SSSR count). The maximum absolute atomic E-state index is 15.2. The van der Waals surface area contributed by atoms with E-state index in [1.165, 1.54) is 17.2 Å². The minimum Gasteiger partial charge on any atom is -0.394 e. The maximum atomic E-state index is 15.2. The Kier molecular flexibility index (Phi) is 6.94. The monoisotopic (exact) mass is 598 g/mol. The van der Waals surface area contributed by atoms with Crippen LogP contribution >= 0.6 is 7.82 Å². The fraction of sp³-hybridized carbons (Fsp3) is 0.500. The first-order valence-electron chi connectivity index (χ1n) is 12.1. The molecule has 6 heterocycles. The Morgan fingerprint density at radius 1 is 1.12 bits per heavy atom. The van der Waals surface area contributed by atoms with Gasteiger partial charge < -0.3 is 36.0 Å². The average molecular weight is 598 g/mol. The molecular weight excluding hydrogens is 574 g/mol. The summed E-state index contributed by atoms with van der Waals surface area (Å²) in [7, 11) is -5.00. The third-order valence-electron chi connectivity index (χ3n) is 6.67. The number of hydrogen-bond donors (Lipinski definition) is 6. The summed E-state index contributed by atoms with van der Waals surface area (Å²) in [6.07, 6.45) is -6.05. The first kappa shape index (κ1) is 27.5. The van der Waals surface area contributed by atoms with Crippen LogP contribution in [-0.4, -0.2) is 97.9 Å². The van der Waals surface area contributed by atoms with E-state index in [-0.39, 0.29) is 29.4 Å². The van der Waals surface area contributed by atoms with Crippen LogP contribution in [0.1, 0.15) is 18.9 Å². The van der Waals surface area contributed by atoms with E-state index in [1.807, 2.05) is 0 Å². The van der Waals surface area contributed by atoms with Crippen LogP contribution in [0.25, 0.3) is 22.3 Å². The van der Waals surface area contributed by atoms with Crippen LogP contribution < -0.4 is 17.0 Å². The van der Waals surface area contributed by atoms with E-state index >= 15 is 4.39 Å². The molecule has 2 saturated heterocycles. The Labute approximate surface area is 227 Å². The molecule has 0 aliphatic carbocycles. The van der Waals surface area contributed by atoms with Crippen LogP contribution in [0.3, 0.4) is 0 Å². The Morgan fingerprint density at radius 2 is 1.85 bits per heavy atom. The van der Waals surface area contributed by atoms with Crippen LogP contribution in [-0.2, 0) is 23.1 Å². The van der Waals surface area contributed by atoms with E-state index in [0.717, 1.165) is 10.9 Å². The van der Waals surface area contributed by atoms with Gasteiger partial charge in [0.05, 0.1) is 32.0 Å². The van der Waals surface area contributed by atoms with Gasteiger partial charge in [-0.2, -0.15) is 4.98 Å². The van der Waals surface area contributed by atoms with Gasteiger partial charge in [-0.1, -0.05) is 0 Å². The van der Waals surface area contributed by atoms with Crippen molar-refractivity contribution >= 4 is 41.9 Å². The van der Waals surface area contributed by atoms with Gasteiger partial charge >= 0.3 is 7.82 Å². The third-order valence-corrected chi connectivity index (χ3v) is 7.66. The molecular formula is C20H24FN10O9P. The molecule has 2 aliphatic rings. The lowest BCUT2D eigenvalue weighted by atomic mass is 10.1. The number of H-pyrrole nitrogens is 1. The quantitative estimate of drug-likeness (QED) is 0.126. The number of aromatic amines is 1. The number of nitrogens with zero attached hydrogens (tertiary/aromatic N) is 7. The minimum atomic E-state index is -5.00. The summed E-state index contributed by atoms with van der Waals surface area (Å²) in [4.78, 5) is 44.8. The molecule has 2 fully saturated rings. The van der Waals surface area contributed by atoms with Crippen LogP contribution in [0.5, 0.6) is 0 Å². The number of aliphatic hydroxyl groups excluding tert-OH is 2. The number of nitrogens with one attached hydrogen (secondary N) is 1. The summed E-state index contributed by atoms with van der Waals surface area (Å²) < 4.78 is 52.2. The molecule has 19 nitrogen and oxygen atoms in total. The van der Waals surface area contributed by atoms with E-state index in [1.54, 1.807) is 0 Å². The second-order valence-electron chi connectivity index (χ2n) is 9.34. The molecule has 220 valence electrons. The smallest absolute Gasteiger partial charge is 0.394 e. The lowest BCUT2D eigenvalue weighted by molar-refractivity contribution is -0.0589. The molecule has 8 atom stereocenters. The lowest BCUT2D eigenvalue weighted by Crippen LogP contribution is -2.32. The fourth-order valence-corrected chi connectivity index (χ4v) is 5.76. The maximum Gasteiger partial charge on any atom is 0.472 e. The van der Waals surface area contributed by atoms with Gasteiger partial charge in [0.1, 0.15) is 30.2 Å². The summed E-state index contributed by atoms with van der Waals surface area (Å²) >= 11 is 0. The number of nitrogen functional groups attached to an aromatic ring is 2. The molecule has 41 heavy (non-hydrogen) atoms. The van der Waals surface area contributed by atoms with Crippen LogP contribution in [0, 0.1) is 0 Å². The van der Waals surface area contributed by atoms with Crippen molar-refractivity contribution in [2.24, 2.45) is 0 Å². The highest BCUT2D eigenvalue weighted by atomic mass is 31.2. The highest BCUT2D eigenvalue weighted by Gasteiger charge is 2.51. The van der Waals surface area contributed by atoms with Gasteiger partial charge in [-0.15, -0.1) is 0 Å². The highest BCUT2D eigenvalue weighted by molar-refractivity contribution is 7.47. The number of anilines is 2. The van der Waals surface area contributed by atoms with E-state index in [9.17, 15) is 24.5 Å². The van der Waals surface area contributed by atoms with E-state index in [0.29, 0.717) is 11.2 Å². The van der Waals surface area contributed by atoms with Crippen molar-refractivity contribution < 1.29 is 42.6 Å². The van der Waals surface area contributed by atoms with Crippen molar-refractivity contribution in [3.05, 3.63) is 29.3 Å². The second kappa shape index (κ2) is 10.3. The fourth-order valence-electron chi connectivity index (χ4n) is 4.81. The summed E-state index contributed by atoms with van der Waals surface area (Å²) in [6, 6.07) is 0. The SMILES string of the molecule is Nc1nc2c(ncn2[C@@H]2O[C@H](CO)[C@@H](F)[C@H]2OP(=O)(O)OC[C@@H]2C[C@@H](O)[C@H](n3cnc4c(N)ncnc43)O2)c(=O)[nH]1. The zero-order valence-electron chi connectivity index (χ0n) is 20.8. The standard InChI is InChI=1S/C20H24FN10O9P/c21-10-9(2-32)39-19(31-6-27-12-16(31)28-20(23)29-17(12)34)13(10)40-41(35,36)37-3-7-1-8(33)18(38-7)30-5-26-11-14(22)24-4-25-15(11)30/h4-10,13,18-19,32-33H,1-3H2,(H,35,36)(H2,22,24,25)(H3,23,28,29,34)/t7-,8+,9+,10+,13+,18+,19+/m0/s1. The van der Waals surface area contributed by atoms with Crippen molar-refractivity contribution in [2.75, 3.05) is 24.7 Å². The molecule has 8 N–H and O–H groups in total. The number of fused-ring (bicyclic) bond motifs is 2. The zero-order chi connectivity index (χ0) is 29.1.